The van der Waals surface area contributed by atoms with Gasteiger partial charge in [-0.1, -0.05) is 42.5 Å². The summed E-state index contributed by atoms with van der Waals surface area (Å²) < 4.78 is 0. The van der Waals surface area contributed by atoms with Crippen molar-refractivity contribution in [3.05, 3.63) is 59.9 Å². The summed E-state index contributed by atoms with van der Waals surface area (Å²) >= 11 is 0. The van der Waals surface area contributed by atoms with Crippen molar-refractivity contribution in [1.29, 1.82) is 0 Å². The Balaban J connectivity index is 1.81. The summed E-state index contributed by atoms with van der Waals surface area (Å²) in [6, 6.07) is 14.7. The Morgan fingerprint density at radius 2 is 1.79 bits per heavy atom. The minimum atomic E-state index is 0.0346. The van der Waals surface area contributed by atoms with Crippen molar-refractivity contribution in [2.75, 3.05) is 23.7 Å². The first-order valence-electron chi connectivity index (χ1n) is 9.29. The normalized spacial score (nSPS) is 12.4. The third kappa shape index (κ3) is 3.20. The molecule has 0 aliphatic carbocycles. The lowest BCUT2D eigenvalue weighted by atomic mass is 9.99. The van der Waals surface area contributed by atoms with Crippen LogP contribution in [0.3, 0.4) is 0 Å². The maximum atomic E-state index is 5.91. The number of hydrogen-bond donors (Lipinski definition) is 2. The third-order valence-electron chi connectivity index (χ3n) is 5.02. The molecule has 0 aliphatic rings. The first-order valence-corrected chi connectivity index (χ1v) is 9.29. The van der Waals surface area contributed by atoms with Gasteiger partial charge in [0.15, 0.2) is 5.65 Å². The summed E-state index contributed by atoms with van der Waals surface area (Å²) in [6.45, 7) is 5.13. The number of benzene rings is 2. The molecule has 4 aromatic rings. The van der Waals surface area contributed by atoms with Gasteiger partial charge in [-0.25, -0.2) is 9.97 Å². The summed E-state index contributed by atoms with van der Waals surface area (Å²) in [5, 5.41) is 3.21. The predicted molar refractivity (Wildman–Crippen MR) is 113 cm³/mol. The smallest absolute Gasteiger partial charge is 0.227 e. The Morgan fingerprint density at radius 1 is 1.00 bits per heavy atom. The van der Waals surface area contributed by atoms with Crippen molar-refractivity contribution in [3.63, 3.8) is 0 Å². The van der Waals surface area contributed by atoms with E-state index in [-0.39, 0.29) is 12.0 Å². The van der Waals surface area contributed by atoms with Crippen molar-refractivity contribution >= 4 is 33.7 Å². The molecule has 2 aromatic heterocycles. The average molecular weight is 373 g/mol. The number of hydrogen-bond acceptors (Lipinski definition) is 7. The van der Waals surface area contributed by atoms with Gasteiger partial charge in [-0.3, -0.25) is 0 Å². The van der Waals surface area contributed by atoms with Gasteiger partial charge < -0.3 is 16.4 Å². The summed E-state index contributed by atoms with van der Waals surface area (Å²) in [5.41, 5.74) is 14.2. The number of anilines is 2. The minimum absolute atomic E-state index is 0.0346. The van der Waals surface area contributed by atoms with Crippen LogP contribution in [-0.4, -0.2) is 33.0 Å². The SMILES string of the molecule is Cc1nc(N)nc2nc(N(CCN)C(C)c3cccc4ccccc34)ncc12. The molecule has 7 nitrogen and oxygen atoms in total. The molecule has 2 aromatic carbocycles. The van der Waals surface area contributed by atoms with Crippen LogP contribution in [0.5, 0.6) is 0 Å². The van der Waals surface area contributed by atoms with Gasteiger partial charge in [-0.2, -0.15) is 9.97 Å². The Morgan fingerprint density at radius 3 is 2.61 bits per heavy atom. The Bertz CT molecular complexity index is 1140. The molecule has 142 valence electrons. The molecule has 2 heterocycles. The Labute approximate surface area is 163 Å². The van der Waals surface area contributed by atoms with E-state index in [4.69, 9.17) is 11.5 Å². The van der Waals surface area contributed by atoms with Crippen LogP contribution in [0.2, 0.25) is 0 Å². The molecular formula is C21H23N7. The van der Waals surface area contributed by atoms with Crippen LogP contribution in [-0.2, 0) is 0 Å². The summed E-state index contributed by atoms with van der Waals surface area (Å²) in [4.78, 5) is 19.8. The van der Waals surface area contributed by atoms with Crippen LogP contribution < -0.4 is 16.4 Å². The summed E-state index contributed by atoms with van der Waals surface area (Å²) in [6.07, 6.45) is 1.76. The fourth-order valence-corrected chi connectivity index (χ4v) is 3.60. The highest BCUT2D eigenvalue weighted by Crippen LogP contribution is 2.30. The van der Waals surface area contributed by atoms with E-state index in [2.05, 4.69) is 68.2 Å². The van der Waals surface area contributed by atoms with E-state index >= 15 is 0 Å². The molecule has 0 spiro atoms. The lowest BCUT2D eigenvalue weighted by molar-refractivity contribution is 0.656. The van der Waals surface area contributed by atoms with Crippen LogP contribution >= 0.6 is 0 Å². The van der Waals surface area contributed by atoms with E-state index in [9.17, 15) is 0 Å². The molecule has 0 amide bonds. The van der Waals surface area contributed by atoms with Gasteiger partial charge in [0.25, 0.3) is 0 Å². The molecule has 28 heavy (non-hydrogen) atoms. The van der Waals surface area contributed by atoms with E-state index in [1.807, 2.05) is 13.0 Å². The zero-order valence-corrected chi connectivity index (χ0v) is 16.0. The van der Waals surface area contributed by atoms with Crippen molar-refractivity contribution in [2.45, 2.75) is 19.9 Å². The van der Waals surface area contributed by atoms with Gasteiger partial charge in [0, 0.05) is 19.3 Å². The first kappa shape index (κ1) is 18.1. The second-order valence-electron chi connectivity index (χ2n) is 6.80. The van der Waals surface area contributed by atoms with Gasteiger partial charge in [-0.15, -0.1) is 0 Å². The van der Waals surface area contributed by atoms with Gasteiger partial charge >= 0.3 is 0 Å². The van der Waals surface area contributed by atoms with Crippen LogP contribution in [0, 0.1) is 6.92 Å². The van der Waals surface area contributed by atoms with Gasteiger partial charge in [-0.05, 0) is 30.2 Å². The van der Waals surface area contributed by atoms with E-state index < -0.39 is 0 Å². The predicted octanol–water partition coefficient (Wildman–Crippen LogP) is 2.99. The Hall–Kier alpha value is -3.32. The maximum Gasteiger partial charge on any atom is 0.227 e. The molecule has 1 unspecified atom stereocenters. The van der Waals surface area contributed by atoms with E-state index in [1.54, 1.807) is 6.20 Å². The van der Waals surface area contributed by atoms with Crippen molar-refractivity contribution in [1.82, 2.24) is 19.9 Å². The number of aryl methyl sites for hydroxylation is 1. The van der Waals surface area contributed by atoms with Gasteiger partial charge in [0.05, 0.1) is 17.1 Å². The van der Waals surface area contributed by atoms with Gasteiger partial charge in [0.2, 0.25) is 11.9 Å². The molecule has 0 bridgehead atoms. The largest absolute Gasteiger partial charge is 0.368 e. The number of nitrogens with two attached hydrogens (primary N) is 2. The number of nitrogens with zero attached hydrogens (tertiary/aromatic N) is 5. The quantitative estimate of drug-likeness (QED) is 0.554. The highest BCUT2D eigenvalue weighted by atomic mass is 15.3. The van der Waals surface area contributed by atoms with Crippen LogP contribution in [0.15, 0.2) is 48.7 Å². The molecule has 0 saturated carbocycles. The molecular weight excluding hydrogens is 350 g/mol. The molecule has 0 radical (unpaired) electrons. The van der Waals surface area contributed by atoms with Crippen LogP contribution in [0.25, 0.3) is 21.8 Å². The fourth-order valence-electron chi connectivity index (χ4n) is 3.60. The monoisotopic (exact) mass is 373 g/mol. The molecule has 0 saturated heterocycles. The zero-order chi connectivity index (χ0) is 19.7. The maximum absolute atomic E-state index is 5.91. The van der Waals surface area contributed by atoms with Crippen molar-refractivity contribution in [2.24, 2.45) is 5.73 Å². The Kier molecular flexibility index (Phi) is 4.75. The highest BCUT2D eigenvalue weighted by Gasteiger charge is 2.21. The summed E-state index contributed by atoms with van der Waals surface area (Å²) in [5.74, 6) is 0.790. The number of rotatable bonds is 5. The molecule has 7 heteroatoms. The standard InChI is InChI=1S/C21H23N7/c1-13-18-12-24-21(27-19(18)26-20(23)25-13)28(11-10-22)14(2)16-9-5-7-15-6-3-4-8-17(15)16/h3-9,12,14H,10-11,22H2,1-2H3,(H2,23,24,25,26,27). The second-order valence-corrected chi connectivity index (χ2v) is 6.80. The topological polar surface area (TPSA) is 107 Å². The van der Waals surface area contributed by atoms with Crippen molar-refractivity contribution < 1.29 is 0 Å². The van der Waals surface area contributed by atoms with Crippen LogP contribution in [0.1, 0.15) is 24.2 Å². The van der Waals surface area contributed by atoms with E-state index in [0.29, 0.717) is 24.7 Å². The van der Waals surface area contributed by atoms with Crippen LogP contribution in [0.4, 0.5) is 11.9 Å². The molecule has 4 rings (SSSR count). The molecule has 0 fully saturated rings. The zero-order valence-electron chi connectivity index (χ0n) is 16.0. The molecule has 4 N–H and O–H groups in total. The molecule has 1 atom stereocenters. The molecule has 0 aliphatic heterocycles. The number of aromatic nitrogens is 4. The highest BCUT2D eigenvalue weighted by molar-refractivity contribution is 5.86. The lowest BCUT2D eigenvalue weighted by Gasteiger charge is -2.30. The van der Waals surface area contributed by atoms with Crippen molar-refractivity contribution in [3.8, 4) is 0 Å². The lowest BCUT2D eigenvalue weighted by Crippen LogP contribution is -2.33. The minimum Gasteiger partial charge on any atom is -0.368 e. The van der Waals surface area contributed by atoms with E-state index in [1.165, 1.54) is 16.3 Å². The first-order chi connectivity index (χ1) is 13.6. The summed E-state index contributed by atoms with van der Waals surface area (Å²) in [7, 11) is 0. The average Bonchev–Trinajstić information content (AvgIpc) is 2.70. The number of nitrogen functional groups attached to an aromatic ring is 1. The number of fused-ring (bicyclic) bond motifs is 2. The van der Waals surface area contributed by atoms with E-state index in [0.717, 1.165) is 11.1 Å². The second kappa shape index (κ2) is 7.36. The van der Waals surface area contributed by atoms with Gasteiger partial charge in [0.1, 0.15) is 0 Å². The fraction of sp³-hybridized carbons (Fsp3) is 0.238. The third-order valence-corrected chi connectivity index (χ3v) is 5.02.